The van der Waals surface area contributed by atoms with Gasteiger partial charge in [-0.2, -0.15) is 0 Å². The average molecular weight is 190 g/mol. The lowest BCUT2D eigenvalue weighted by molar-refractivity contribution is -0.0362. The van der Waals surface area contributed by atoms with Crippen molar-refractivity contribution in [2.45, 2.75) is 39.0 Å². The maximum atomic E-state index is 13.4. The van der Waals surface area contributed by atoms with Crippen LogP contribution in [-0.4, -0.2) is 6.43 Å². The predicted octanol–water partition coefficient (Wildman–Crippen LogP) is 3.69. The van der Waals surface area contributed by atoms with Gasteiger partial charge in [0.2, 0.25) is 6.43 Å². The van der Waals surface area contributed by atoms with E-state index >= 15 is 0 Å². The van der Waals surface area contributed by atoms with E-state index < -0.39 is 17.3 Å². The van der Waals surface area contributed by atoms with E-state index in [1.165, 1.54) is 6.08 Å². The molecule has 0 spiro atoms. The molecule has 3 aliphatic carbocycles. The second kappa shape index (κ2) is 2.52. The minimum atomic E-state index is -2.41. The monoisotopic (exact) mass is 190 g/mol. The molecule has 2 bridgehead atoms. The van der Waals surface area contributed by atoms with Crippen LogP contribution >= 0.6 is 0 Å². The molecule has 0 N–H and O–H groups in total. The summed E-state index contributed by atoms with van der Waals surface area (Å²) in [6.45, 7) is 1.83. The normalized spacial score (nSPS) is 43.9. The van der Waals surface area contributed by atoms with Gasteiger partial charge in [-0.25, -0.2) is 13.2 Å². The fourth-order valence-electron chi connectivity index (χ4n) is 2.36. The molecular formula is C10H13F3. The smallest absolute Gasteiger partial charge is 0.212 e. The molecule has 0 radical (unpaired) electrons. The Morgan fingerprint density at radius 3 is 2.15 bits per heavy atom. The van der Waals surface area contributed by atoms with Crippen molar-refractivity contribution >= 4 is 0 Å². The van der Waals surface area contributed by atoms with E-state index in [2.05, 4.69) is 0 Å². The first-order valence-electron chi connectivity index (χ1n) is 4.66. The van der Waals surface area contributed by atoms with Crippen LogP contribution in [0.3, 0.4) is 0 Å². The summed E-state index contributed by atoms with van der Waals surface area (Å²) in [7, 11) is 0. The van der Waals surface area contributed by atoms with Crippen molar-refractivity contribution in [1.82, 2.24) is 0 Å². The largest absolute Gasteiger partial charge is 0.247 e. The fourth-order valence-corrected chi connectivity index (χ4v) is 2.36. The maximum absolute atomic E-state index is 13.4. The third-order valence-corrected chi connectivity index (χ3v) is 3.71. The zero-order valence-corrected chi connectivity index (χ0v) is 7.62. The third kappa shape index (κ3) is 1.12. The Morgan fingerprint density at radius 2 is 1.77 bits per heavy atom. The van der Waals surface area contributed by atoms with Gasteiger partial charge >= 0.3 is 0 Å². The molecule has 0 heterocycles. The van der Waals surface area contributed by atoms with Crippen LogP contribution in [0.25, 0.3) is 0 Å². The Kier molecular flexibility index (Phi) is 1.76. The Labute approximate surface area is 75.8 Å². The molecule has 1 saturated carbocycles. The van der Waals surface area contributed by atoms with Gasteiger partial charge in [0.05, 0.1) is 5.41 Å². The molecule has 0 aromatic heterocycles. The van der Waals surface area contributed by atoms with Crippen molar-refractivity contribution in [3.05, 3.63) is 11.9 Å². The Hall–Kier alpha value is -0.470. The highest BCUT2D eigenvalue weighted by Gasteiger charge is 2.51. The first kappa shape index (κ1) is 9.10. The molecule has 0 saturated heterocycles. The van der Waals surface area contributed by atoms with Gasteiger partial charge < -0.3 is 0 Å². The topological polar surface area (TPSA) is 0 Å². The van der Waals surface area contributed by atoms with Crippen LogP contribution < -0.4 is 0 Å². The first-order chi connectivity index (χ1) is 5.99. The van der Waals surface area contributed by atoms with Crippen molar-refractivity contribution in [2.75, 3.05) is 0 Å². The lowest BCUT2D eigenvalue weighted by atomic mass is 9.58. The Balaban J connectivity index is 2.38. The van der Waals surface area contributed by atoms with E-state index in [0.29, 0.717) is 25.7 Å². The molecule has 13 heavy (non-hydrogen) atoms. The summed E-state index contributed by atoms with van der Waals surface area (Å²) >= 11 is 0. The number of hydrogen-bond acceptors (Lipinski definition) is 0. The second-order valence-corrected chi connectivity index (χ2v) is 4.59. The van der Waals surface area contributed by atoms with Crippen LogP contribution in [0.1, 0.15) is 32.6 Å². The highest BCUT2D eigenvalue weighted by Crippen LogP contribution is 2.58. The SMILES string of the molecule is CC12CCC(C(F)F)(C=C1F)CC2. The molecule has 3 rings (SSSR count). The molecule has 3 heteroatoms. The molecule has 0 atom stereocenters. The highest BCUT2D eigenvalue weighted by molar-refractivity contribution is 5.21. The minimum Gasteiger partial charge on any atom is -0.212 e. The van der Waals surface area contributed by atoms with Gasteiger partial charge in [0.15, 0.2) is 0 Å². The Bertz CT molecular complexity index is 247. The van der Waals surface area contributed by atoms with Crippen molar-refractivity contribution in [3.63, 3.8) is 0 Å². The summed E-state index contributed by atoms with van der Waals surface area (Å²) < 4.78 is 38.8. The van der Waals surface area contributed by atoms with Crippen LogP contribution in [0.5, 0.6) is 0 Å². The summed E-state index contributed by atoms with van der Waals surface area (Å²) in [5.41, 5.74) is -1.57. The summed E-state index contributed by atoms with van der Waals surface area (Å²) in [5.74, 6) is -0.315. The summed E-state index contributed by atoms with van der Waals surface area (Å²) in [5, 5.41) is 0. The van der Waals surface area contributed by atoms with Crippen LogP contribution in [0.2, 0.25) is 0 Å². The van der Waals surface area contributed by atoms with Crippen LogP contribution in [0.15, 0.2) is 11.9 Å². The number of alkyl halides is 2. The van der Waals surface area contributed by atoms with Gasteiger partial charge in [-0.3, -0.25) is 0 Å². The van der Waals surface area contributed by atoms with E-state index in [4.69, 9.17) is 0 Å². The van der Waals surface area contributed by atoms with Crippen molar-refractivity contribution in [3.8, 4) is 0 Å². The number of fused-ring (bicyclic) bond motifs is 2. The Morgan fingerprint density at radius 1 is 1.23 bits per heavy atom. The van der Waals surface area contributed by atoms with E-state index in [0.717, 1.165) is 0 Å². The van der Waals surface area contributed by atoms with Gasteiger partial charge in [0, 0.05) is 5.41 Å². The van der Waals surface area contributed by atoms with Gasteiger partial charge in [-0.15, -0.1) is 0 Å². The van der Waals surface area contributed by atoms with Crippen molar-refractivity contribution in [1.29, 1.82) is 0 Å². The van der Waals surface area contributed by atoms with Gasteiger partial charge in [-0.1, -0.05) is 6.92 Å². The predicted molar refractivity (Wildman–Crippen MR) is 44.2 cm³/mol. The van der Waals surface area contributed by atoms with Crippen molar-refractivity contribution in [2.24, 2.45) is 10.8 Å². The molecule has 0 unspecified atom stereocenters. The van der Waals surface area contributed by atoms with Crippen LogP contribution in [0, 0.1) is 10.8 Å². The molecule has 1 fully saturated rings. The fraction of sp³-hybridized carbons (Fsp3) is 0.800. The minimum absolute atomic E-state index is 0.315. The molecule has 0 aromatic rings. The zero-order valence-electron chi connectivity index (χ0n) is 7.62. The summed E-state index contributed by atoms with van der Waals surface area (Å²) in [4.78, 5) is 0. The van der Waals surface area contributed by atoms with Gasteiger partial charge in [0.1, 0.15) is 5.83 Å². The quantitative estimate of drug-likeness (QED) is 0.591. The highest BCUT2D eigenvalue weighted by atomic mass is 19.3. The molecule has 74 valence electrons. The maximum Gasteiger partial charge on any atom is 0.247 e. The zero-order chi connectivity index (χ0) is 9.69. The van der Waals surface area contributed by atoms with Gasteiger partial charge in [0.25, 0.3) is 0 Å². The standard InChI is InChI=1S/C10H13F3/c1-9-2-4-10(5-3-9,8(12)13)6-7(9)11/h6,8H,2-5H2,1H3. The van der Waals surface area contributed by atoms with Crippen molar-refractivity contribution < 1.29 is 13.2 Å². The molecule has 0 aliphatic heterocycles. The van der Waals surface area contributed by atoms with Crippen LogP contribution in [0.4, 0.5) is 13.2 Å². The third-order valence-electron chi connectivity index (χ3n) is 3.71. The lowest BCUT2D eigenvalue weighted by Gasteiger charge is -2.47. The number of hydrogen-bond donors (Lipinski definition) is 0. The lowest BCUT2D eigenvalue weighted by Crippen LogP contribution is -2.41. The number of halogens is 3. The van der Waals surface area contributed by atoms with E-state index in [1.807, 2.05) is 6.92 Å². The first-order valence-corrected chi connectivity index (χ1v) is 4.66. The van der Waals surface area contributed by atoms with E-state index in [1.54, 1.807) is 0 Å². The number of allylic oxidation sites excluding steroid dienone is 2. The average Bonchev–Trinajstić information content (AvgIpc) is 2.08. The van der Waals surface area contributed by atoms with Gasteiger partial charge in [-0.05, 0) is 31.8 Å². The van der Waals surface area contributed by atoms with Crippen LogP contribution in [-0.2, 0) is 0 Å². The molecular weight excluding hydrogens is 177 g/mol. The molecule has 0 aromatic carbocycles. The molecule has 0 amide bonds. The van der Waals surface area contributed by atoms with E-state index in [-0.39, 0.29) is 5.83 Å². The summed E-state index contributed by atoms with van der Waals surface area (Å²) in [6.07, 6.45) is 0.788. The second-order valence-electron chi connectivity index (χ2n) is 4.59. The van der Waals surface area contributed by atoms with E-state index in [9.17, 15) is 13.2 Å². The summed E-state index contributed by atoms with van der Waals surface area (Å²) in [6, 6.07) is 0. The molecule has 3 aliphatic rings. The molecule has 0 nitrogen and oxygen atoms in total. The number of rotatable bonds is 1.